The first-order chi connectivity index (χ1) is 7.95. The maximum atomic E-state index is 11.7. The van der Waals surface area contributed by atoms with Crippen LogP contribution in [0.3, 0.4) is 0 Å². The summed E-state index contributed by atoms with van der Waals surface area (Å²) < 4.78 is 5.07. The van der Waals surface area contributed by atoms with Gasteiger partial charge in [0.25, 0.3) is 0 Å². The number of methoxy groups -OCH3 is 1. The number of aliphatic carboxylic acids is 1. The standard InChI is InChI=1S/C12H21NO4/c1-8(17-3)4-5-11(14)13-6-10(7-13)9(2)12(15)16/h8-10H,4-7H2,1-3H3,(H,15,16). The van der Waals surface area contributed by atoms with Gasteiger partial charge in [-0.1, -0.05) is 6.92 Å². The lowest BCUT2D eigenvalue weighted by Crippen LogP contribution is -2.53. The zero-order valence-electron chi connectivity index (χ0n) is 10.7. The van der Waals surface area contributed by atoms with E-state index in [0.717, 1.165) is 0 Å². The van der Waals surface area contributed by atoms with Crippen molar-refractivity contribution in [3.8, 4) is 0 Å². The Balaban J connectivity index is 2.23. The number of likely N-dealkylation sites (tertiary alicyclic amines) is 1. The third-order valence-corrected chi connectivity index (χ3v) is 3.53. The minimum Gasteiger partial charge on any atom is -0.481 e. The number of amides is 1. The molecule has 2 atom stereocenters. The van der Waals surface area contributed by atoms with E-state index in [9.17, 15) is 9.59 Å². The molecule has 0 aromatic rings. The molecule has 1 fully saturated rings. The Morgan fingerprint density at radius 3 is 2.47 bits per heavy atom. The maximum absolute atomic E-state index is 11.7. The van der Waals surface area contributed by atoms with E-state index >= 15 is 0 Å². The molecule has 0 spiro atoms. The van der Waals surface area contributed by atoms with Crippen LogP contribution in [0.5, 0.6) is 0 Å². The number of hydrogen-bond acceptors (Lipinski definition) is 3. The topological polar surface area (TPSA) is 66.8 Å². The second-order valence-electron chi connectivity index (χ2n) is 4.77. The van der Waals surface area contributed by atoms with Gasteiger partial charge in [0.1, 0.15) is 0 Å². The fraction of sp³-hybridized carbons (Fsp3) is 0.833. The molecule has 1 saturated heterocycles. The van der Waals surface area contributed by atoms with Crippen LogP contribution in [0.25, 0.3) is 0 Å². The van der Waals surface area contributed by atoms with Crippen molar-refractivity contribution in [2.75, 3.05) is 20.2 Å². The number of ether oxygens (including phenoxy) is 1. The van der Waals surface area contributed by atoms with Crippen LogP contribution < -0.4 is 0 Å². The van der Waals surface area contributed by atoms with E-state index in [0.29, 0.717) is 25.9 Å². The molecule has 1 amide bonds. The van der Waals surface area contributed by atoms with Gasteiger partial charge in [-0.05, 0) is 13.3 Å². The molecule has 2 unspecified atom stereocenters. The number of nitrogens with zero attached hydrogens (tertiary/aromatic N) is 1. The molecule has 0 aromatic carbocycles. The third kappa shape index (κ3) is 3.70. The Morgan fingerprint density at radius 2 is 2.00 bits per heavy atom. The highest BCUT2D eigenvalue weighted by molar-refractivity contribution is 5.77. The van der Waals surface area contributed by atoms with Crippen LogP contribution in [0.2, 0.25) is 0 Å². The Hall–Kier alpha value is -1.10. The molecule has 0 saturated carbocycles. The van der Waals surface area contributed by atoms with Crippen molar-refractivity contribution in [3.63, 3.8) is 0 Å². The molecule has 0 radical (unpaired) electrons. The quantitative estimate of drug-likeness (QED) is 0.755. The van der Waals surface area contributed by atoms with Crippen molar-refractivity contribution in [1.82, 2.24) is 4.90 Å². The van der Waals surface area contributed by atoms with Crippen molar-refractivity contribution in [3.05, 3.63) is 0 Å². The summed E-state index contributed by atoms with van der Waals surface area (Å²) >= 11 is 0. The molecule has 5 nitrogen and oxygen atoms in total. The summed E-state index contributed by atoms with van der Waals surface area (Å²) in [5, 5.41) is 8.83. The lowest BCUT2D eigenvalue weighted by atomic mass is 9.87. The second-order valence-corrected chi connectivity index (χ2v) is 4.77. The summed E-state index contributed by atoms with van der Waals surface area (Å²) in [6.07, 6.45) is 1.28. The predicted molar refractivity (Wildman–Crippen MR) is 62.6 cm³/mol. The largest absolute Gasteiger partial charge is 0.481 e. The number of hydrogen-bond donors (Lipinski definition) is 1. The van der Waals surface area contributed by atoms with Crippen molar-refractivity contribution in [2.24, 2.45) is 11.8 Å². The molecule has 1 heterocycles. The van der Waals surface area contributed by atoms with Gasteiger partial charge in [0.05, 0.1) is 12.0 Å². The molecule has 1 N–H and O–H groups in total. The van der Waals surface area contributed by atoms with Crippen molar-refractivity contribution >= 4 is 11.9 Å². The highest BCUT2D eigenvalue weighted by Gasteiger charge is 2.36. The van der Waals surface area contributed by atoms with E-state index < -0.39 is 5.97 Å². The lowest BCUT2D eigenvalue weighted by molar-refractivity contribution is -0.150. The minimum atomic E-state index is -0.782. The molecule has 1 aliphatic rings. The second kappa shape index (κ2) is 6.00. The smallest absolute Gasteiger partial charge is 0.306 e. The van der Waals surface area contributed by atoms with Crippen LogP contribution in [0.4, 0.5) is 0 Å². The normalized spacial score (nSPS) is 19.6. The molecular formula is C12H21NO4. The molecule has 0 aromatic heterocycles. The molecule has 98 valence electrons. The van der Waals surface area contributed by atoms with E-state index in [1.54, 1.807) is 18.9 Å². The minimum absolute atomic E-state index is 0.0916. The van der Waals surface area contributed by atoms with Crippen molar-refractivity contribution in [2.45, 2.75) is 32.8 Å². The Bertz CT molecular complexity index is 286. The summed E-state index contributed by atoms with van der Waals surface area (Å²) in [5.74, 6) is -0.939. The van der Waals surface area contributed by atoms with Gasteiger partial charge < -0.3 is 14.7 Å². The molecule has 0 bridgehead atoms. The fourth-order valence-corrected chi connectivity index (χ4v) is 1.84. The number of carboxylic acids is 1. The highest BCUT2D eigenvalue weighted by Crippen LogP contribution is 2.24. The van der Waals surface area contributed by atoms with Gasteiger partial charge in [-0.3, -0.25) is 9.59 Å². The van der Waals surface area contributed by atoms with E-state index in [1.165, 1.54) is 0 Å². The van der Waals surface area contributed by atoms with Crippen LogP contribution in [0.1, 0.15) is 26.7 Å². The van der Waals surface area contributed by atoms with E-state index in [1.807, 2.05) is 6.92 Å². The van der Waals surface area contributed by atoms with Gasteiger partial charge in [0.2, 0.25) is 5.91 Å². The van der Waals surface area contributed by atoms with Gasteiger partial charge in [0.15, 0.2) is 0 Å². The highest BCUT2D eigenvalue weighted by atomic mass is 16.5. The van der Waals surface area contributed by atoms with Gasteiger partial charge in [-0.2, -0.15) is 0 Å². The first-order valence-electron chi connectivity index (χ1n) is 5.99. The lowest BCUT2D eigenvalue weighted by Gasteiger charge is -2.41. The van der Waals surface area contributed by atoms with Crippen molar-refractivity contribution < 1.29 is 19.4 Å². The summed E-state index contributed by atoms with van der Waals surface area (Å²) in [5.41, 5.74) is 0. The average Bonchev–Trinajstić information content (AvgIpc) is 2.23. The molecule has 1 aliphatic heterocycles. The van der Waals surface area contributed by atoms with Gasteiger partial charge in [-0.15, -0.1) is 0 Å². The summed E-state index contributed by atoms with van der Waals surface area (Å²) in [6, 6.07) is 0. The van der Waals surface area contributed by atoms with Crippen LogP contribution in [-0.4, -0.2) is 48.2 Å². The summed E-state index contributed by atoms with van der Waals surface area (Å²) in [7, 11) is 1.63. The Morgan fingerprint density at radius 1 is 1.41 bits per heavy atom. The van der Waals surface area contributed by atoms with Crippen LogP contribution in [0.15, 0.2) is 0 Å². The summed E-state index contributed by atoms with van der Waals surface area (Å²) in [6.45, 7) is 4.78. The van der Waals surface area contributed by atoms with Gasteiger partial charge >= 0.3 is 5.97 Å². The average molecular weight is 243 g/mol. The molecule has 5 heteroatoms. The van der Waals surface area contributed by atoms with Gasteiger partial charge in [-0.25, -0.2) is 0 Å². The monoisotopic (exact) mass is 243 g/mol. The van der Waals surface area contributed by atoms with Gasteiger partial charge in [0, 0.05) is 32.5 Å². The molecule has 1 rings (SSSR count). The van der Waals surface area contributed by atoms with Crippen LogP contribution >= 0.6 is 0 Å². The van der Waals surface area contributed by atoms with E-state index in [-0.39, 0.29) is 23.8 Å². The Kier molecular flexibility index (Phi) is 4.93. The predicted octanol–water partition coefficient (Wildman–Crippen LogP) is 0.981. The summed E-state index contributed by atoms with van der Waals surface area (Å²) in [4.78, 5) is 24.2. The van der Waals surface area contributed by atoms with E-state index in [4.69, 9.17) is 9.84 Å². The van der Waals surface area contributed by atoms with E-state index in [2.05, 4.69) is 0 Å². The number of carbonyl (C=O) groups is 2. The number of carbonyl (C=O) groups excluding carboxylic acids is 1. The Labute approximate surface area is 102 Å². The van der Waals surface area contributed by atoms with Crippen LogP contribution in [-0.2, 0) is 14.3 Å². The van der Waals surface area contributed by atoms with Crippen LogP contribution in [0, 0.1) is 11.8 Å². The number of carboxylic acid groups (broad SMARTS) is 1. The van der Waals surface area contributed by atoms with Crippen molar-refractivity contribution in [1.29, 1.82) is 0 Å². The first-order valence-corrected chi connectivity index (χ1v) is 5.99. The molecule has 17 heavy (non-hydrogen) atoms. The number of rotatable bonds is 6. The third-order valence-electron chi connectivity index (χ3n) is 3.53. The first kappa shape index (κ1) is 14.0. The fourth-order valence-electron chi connectivity index (χ4n) is 1.84. The zero-order chi connectivity index (χ0) is 13.0. The SMILES string of the molecule is COC(C)CCC(=O)N1CC(C(C)C(=O)O)C1. The zero-order valence-corrected chi connectivity index (χ0v) is 10.7. The molecule has 0 aliphatic carbocycles. The molecular weight excluding hydrogens is 222 g/mol. The maximum Gasteiger partial charge on any atom is 0.306 e.